The summed E-state index contributed by atoms with van der Waals surface area (Å²) < 4.78 is 0. The summed E-state index contributed by atoms with van der Waals surface area (Å²) in [6.07, 6.45) is 0.392. The van der Waals surface area contributed by atoms with Gasteiger partial charge in [-0.25, -0.2) is 5.01 Å². The van der Waals surface area contributed by atoms with E-state index < -0.39 is 0 Å². The van der Waals surface area contributed by atoms with Gasteiger partial charge in [0.05, 0.1) is 18.5 Å². The maximum absolute atomic E-state index is 11.6. The summed E-state index contributed by atoms with van der Waals surface area (Å²) in [7, 11) is 2.08. The van der Waals surface area contributed by atoms with Crippen LogP contribution >= 0.6 is 0 Å². The van der Waals surface area contributed by atoms with E-state index in [9.17, 15) is 4.79 Å². The van der Waals surface area contributed by atoms with Crippen molar-refractivity contribution in [3.8, 4) is 6.07 Å². The second kappa shape index (κ2) is 4.17. The second-order valence-electron chi connectivity index (χ2n) is 4.26. The van der Waals surface area contributed by atoms with Gasteiger partial charge in [-0.3, -0.25) is 9.80 Å². The molecule has 0 aromatic rings. The first kappa shape index (κ1) is 10.4. The molecule has 2 aliphatic heterocycles. The summed E-state index contributed by atoms with van der Waals surface area (Å²) in [6, 6.07) is 2.17. The van der Waals surface area contributed by atoms with E-state index in [2.05, 4.69) is 23.0 Å². The van der Waals surface area contributed by atoms with Gasteiger partial charge < -0.3 is 4.90 Å². The van der Waals surface area contributed by atoms with Crippen molar-refractivity contribution in [2.45, 2.75) is 6.42 Å². The van der Waals surface area contributed by atoms with Crippen molar-refractivity contribution < 1.29 is 4.79 Å². The van der Waals surface area contributed by atoms with Gasteiger partial charge >= 0.3 is 0 Å². The minimum Gasteiger partial charge on any atom is -0.304 e. The van der Waals surface area contributed by atoms with Crippen LogP contribution in [0.2, 0.25) is 0 Å². The van der Waals surface area contributed by atoms with Gasteiger partial charge in [-0.15, -0.1) is 0 Å². The van der Waals surface area contributed by atoms with Crippen LogP contribution < -0.4 is 0 Å². The van der Waals surface area contributed by atoms with Crippen molar-refractivity contribution >= 4 is 5.91 Å². The first-order valence-electron chi connectivity index (χ1n) is 5.34. The number of amides is 1. The summed E-state index contributed by atoms with van der Waals surface area (Å²) in [5, 5.41) is 12.6. The number of hydrazine groups is 1. The molecule has 2 aliphatic rings. The van der Waals surface area contributed by atoms with Gasteiger partial charge in [0.1, 0.15) is 0 Å². The molecule has 82 valence electrons. The van der Waals surface area contributed by atoms with Gasteiger partial charge in [0.25, 0.3) is 0 Å². The average molecular weight is 208 g/mol. The highest BCUT2D eigenvalue weighted by Gasteiger charge is 2.34. The molecule has 2 saturated heterocycles. The molecule has 0 spiro atoms. The third kappa shape index (κ3) is 2.11. The van der Waals surface area contributed by atoms with Crippen LogP contribution in [0.3, 0.4) is 0 Å². The Balaban J connectivity index is 1.94. The van der Waals surface area contributed by atoms with E-state index in [-0.39, 0.29) is 11.8 Å². The Hall–Kier alpha value is -1.12. The lowest BCUT2D eigenvalue weighted by molar-refractivity contribution is -0.145. The molecule has 1 unspecified atom stereocenters. The van der Waals surface area contributed by atoms with Gasteiger partial charge in [-0.2, -0.15) is 5.26 Å². The molecule has 0 N–H and O–H groups in total. The molecule has 5 nitrogen and oxygen atoms in total. The maximum Gasteiger partial charge on any atom is 0.238 e. The quantitative estimate of drug-likeness (QED) is 0.584. The zero-order chi connectivity index (χ0) is 10.8. The van der Waals surface area contributed by atoms with Crippen molar-refractivity contribution in [1.29, 1.82) is 5.26 Å². The third-order valence-electron chi connectivity index (χ3n) is 3.11. The van der Waals surface area contributed by atoms with E-state index >= 15 is 0 Å². The Morgan fingerprint density at radius 1 is 1.33 bits per heavy atom. The number of carbonyl (C=O) groups is 1. The summed E-state index contributed by atoms with van der Waals surface area (Å²) >= 11 is 0. The molecule has 2 rings (SSSR count). The van der Waals surface area contributed by atoms with E-state index in [0.29, 0.717) is 13.0 Å². The predicted octanol–water partition coefficient (Wildman–Crippen LogP) is -0.479. The number of carbonyl (C=O) groups excluding carboxylic acids is 1. The highest BCUT2D eigenvalue weighted by atomic mass is 16.2. The largest absolute Gasteiger partial charge is 0.304 e. The molecule has 2 heterocycles. The van der Waals surface area contributed by atoms with Crippen molar-refractivity contribution in [1.82, 2.24) is 14.9 Å². The lowest BCUT2D eigenvalue weighted by Gasteiger charge is -2.37. The van der Waals surface area contributed by atoms with E-state index in [1.807, 2.05) is 0 Å². The van der Waals surface area contributed by atoms with Crippen LogP contribution in [0, 0.1) is 17.2 Å². The molecule has 0 saturated carbocycles. The lowest BCUT2D eigenvalue weighted by Crippen LogP contribution is -2.53. The molecule has 0 aliphatic carbocycles. The Bertz CT molecular complexity index is 290. The Kier molecular flexibility index (Phi) is 2.89. The fraction of sp³-hybridized carbons (Fsp3) is 0.800. The maximum atomic E-state index is 11.6. The first-order chi connectivity index (χ1) is 7.20. The second-order valence-corrected chi connectivity index (χ2v) is 4.26. The molecule has 15 heavy (non-hydrogen) atoms. The van der Waals surface area contributed by atoms with Crippen LogP contribution in [0.5, 0.6) is 0 Å². The van der Waals surface area contributed by atoms with Crippen LogP contribution in [0.15, 0.2) is 0 Å². The smallest absolute Gasteiger partial charge is 0.238 e. The van der Waals surface area contributed by atoms with E-state index in [0.717, 1.165) is 26.2 Å². The highest BCUT2D eigenvalue weighted by molar-refractivity contribution is 5.78. The molecule has 5 heteroatoms. The highest BCUT2D eigenvalue weighted by Crippen LogP contribution is 2.19. The van der Waals surface area contributed by atoms with Gasteiger partial charge in [0.15, 0.2) is 0 Å². The van der Waals surface area contributed by atoms with Gasteiger partial charge in [0.2, 0.25) is 5.91 Å². The third-order valence-corrected chi connectivity index (χ3v) is 3.11. The number of likely N-dealkylation sites (N-methyl/N-ethyl adjacent to an activating group) is 1. The molecule has 0 aromatic heterocycles. The Morgan fingerprint density at radius 3 is 2.53 bits per heavy atom. The Morgan fingerprint density at radius 2 is 2.00 bits per heavy atom. The van der Waals surface area contributed by atoms with E-state index in [1.54, 1.807) is 5.01 Å². The number of nitriles is 1. The normalized spacial score (nSPS) is 29.5. The molecule has 0 aromatic carbocycles. The van der Waals surface area contributed by atoms with Gasteiger partial charge in [-0.05, 0) is 7.05 Å². The van der Waals surface area contributed by atoms with E-state index in [4.69, 9.17) is 5.26 Å². The number of nitrogens with zero attached hydrogens (tertiary/aromatic N) is 4. The molecule has 0 radical (unpaired) electrons. The fourth-order valence-electron chi connectivity index (χ4n) is 2.09. The minimum absolute atomic E-state index is 0.103. The SMILES string of the molecule is CN1CCN(N2CC(C#N)CC2=O)CC1. The topological polar surface area (TPSA) is 50.6 Å². The zero-order valence-corrected chi connectivity index (χ0v) is 9.02. The summed E-state index contributed by atoms with van der Waals surface area (Å²) in [5.74, 6) is -0.0109. The van der Waals surface area contributed by atoms with Crippen LogP contribution in [-0.4, -0.2) is 60.6 Å². The van der Waals surface area contributed by atoms with Gasteiger partial charge in [-0.1, -0.05) is 0 Å². The predicted molar refractivity (Wildman–Crippen MR) is 54.5 cm³/mol. The van der Waals surface area contributed by atoms with Crippen molar-refractivity contribution in [3.63, 3.8) is 0 Å². The Labute approximate surface area is 89.8 Å². The minimum atomic E-state index is -0.114. The van der Waals surface area contributed by atoms with Crippen molar-refractivity contribution in [2.75, 3.05) is 39.8 Å². The summed E-state index contributed by atoms with van der Waals surface area (Å²) in [6.45, 7) is 4.34. The van der Waals surface area contributed by atoms with Crippen molar-refractivity contribution in [2.24, 2.45) is 5.92 Å². The lowest BCUT2D eigenvalue weighted by atomic mass is 10.1. The molecular weight excluding hydrogens is 192 g/mol. The van der Waals surface area contributed by atoms with E-state index in [1.165, 1.54) is 0 Å². The van der Waals surface area contributed by atoms with Crippen LogP contribution in [0.1, 0.15) is 6.42 Å². The summed E-state index contributed by atoms with van der Waals surface area (Å²) in [5.41, 5.74) is 0. The monoisotopic (exact) mass is 208 g/mol. The average Bonchev–Trinajstić information content (AvgIpc) is 2.61. The first-order valence-corrected chi connectivity index (χ1v) is 5.34. The van der Waals surface area contributed by atoms with Crippen molar-refractivity contribution in [3.05, 3.63) is 0 Å². The van der Waals surface area contributed by atoms with Crippen LogP contribution in [0.25, 0.3) is 0 Å². The standard InChI is InChI=1S/C10H16N4O/c1-12-2-4-13(5-3-12)14-8-9(7-11)6-10(14)15/h9H,2-6,8H2,1H3. The molecule has 1 amide bonds. The van der Waals surface area contributed by atoms with Crippen LogP contribution in [0.4, 0.5) is 0 Å². The fourth-order valence-corrected chi connectivity index (χ4v) is 2.09. The zero-order valence-electron chi connectivity index (χ0n) is 9.02. The van der Waals surface area contributed by atoms with Gasteiger partial charge in [0, 0.05) is 32.6 Å². The molecule has 1 atom stereocenters. The molecule has 0 bridgehead atoms. The number of rotatable bonds is 1. The molecular formula is C10H16N4O. The molecule has 2 fully saturated rings. The van der Waals surface area contributed by atoms with Crippen LogP contribution in [-0.2, 0) is 4.79 Å². The summed E-state index contributed by atoms with van der Waals surface area (Å²) in [4.78, 5) is 13.9. The number of piperazine rings is 1. The number of hydrogen-bond donors (Lipinski definition) is 0. The number of hydrogen-bond acceptors (Lipinski definition) is 4.